The SMILES string of the molecule is Cc1nn2c(-c3ccncc3)n[nH]c2c1/C=C/C=c1/c(C)nn2c(-c3ccncc3)nnc12. The Bertz CT molecular complexity index is 1670. The van der Waals surface area contributed by atoms with Crippen molar-refractivity contribution in [3.05, 3.63) is 77.3 Å². The smallest absolute Gasteiger partial charge is 0.187 e. The van der Waals surface area contributed by atoms with Crippen molar-refractivity contribution >= 4 is 23.4 Å². The lowest BCUT2D eigenvalue weighted by Crippen LogP contribution is -2.01. The highest BCUT2D eigenvalue weighted by atomic mass is 15.4. The van der Waals surface area contributed by atoms with Crippen LogP contribution in [0.15, 0.2) is 55.1 Å². The molecule has 0 atom stereocenters. The standard InChI is InChI=1S/C23H18N10/c1-14-18(22-28-26-20(32(22)30-14)16-6-10-24-11-7-16)4-3-5-19-15(2)31-33-21(27-29-23(19)33)17-8-12-25-13-9-17/h3-13,28H,1-2H3/b4-3+,19-5-. The van der Waals surface area contributed by atoms with Crippen LogP contribution in [-0.4, -0.2) is 49.6 Å². The van der Waals surface area contributed by atoms with E-state index in [1.54, 1.807) is 29.3 Å². The van der Waals surface area contributed by atoms with Gasteiger partial charge in [-0.1, -0.05) is 6.08 Å². The number of hydrogen-bond acceptors (Lipinski definition) is 7. The number of fused-ring (bicyclic) bond motifs is 2. The van der Waals surface area contributed by atoms with Gasteiger partial charge in [-0.25, -0.2) is 0 Å². The lowest BCUT2D eigenvalue weighted by Gasteiger charge is -1.94. The van der Waals surface area contributed by atoms with Crippen LogP contribution in [0.2, 0.25) is 0 Å². The largest absolute Gasteiger partial charge is 0.265 e. The van der Waals surface area contributed by atoms with E-state index in [4.69, 9.17) is 0 Å². The molecule has 6 aromatic rings. The van der Waals surface area contributed by atoms with Crippen molar-refractivity contribution in [1.29, 1.82) is 0 Å². The van der Waals surface area contributed by atoms with E-state index in [9.17, 15) is 0 Å². The average Bonchev–Trinajstić information content (AvgIpc) is 3.58. The lowest BCUT2D eigenvalue weighted by molar-refractivity contribution is 0.936. The quantitative estimate of drug-likeness (QED) is 0.453. The molecular weight excluding hydrogens is 416 g/mol. The molecule has 33 heavy (non-hydrogen) atoms. The molecule has 10 nitrogen and oxygen atoms in total. The number of nitrogens with one attached hydrogen (secondary N) is 1. The Labute approximate surface area is 187 Å². The molecule has 6 rings (SSSR count). The maximum absolute atomic E-state index is 4.66. The number of aromatic amines is 1. The molecule has 0 radical (unpaired) electrons. The Balaban J connectivity index is 1.39. The van der Waals surface area contributed by atoms with Crippen LogP contribution in [0, 0.1) is 13.8 Å². The lowest BCUT2D eigenvalue weighted by atomic mass is 10.2. The molecule has 0 amide bonds. The van der Waals surface area contributed by atoms with E-state index >= 15 is 0 Å². The van der Waals surface area contributed by atoms with Crippen molar-refractivity contribution in [1.82, 2.24) is 49.6 Å². The van der Waals surface area contributed by atoms with E-state index in [2.05, 4.69) is 40.6 Å². The highest BCUT2D eigenvalue weighted by Gasteiger charge is 2.15. The first-order valence-corrected chi connectivity index (χ1v) is 10.4. The molecule has 0 spiro atoms. The van der Waals surface area contributed by atoms with Crippen molar-refractivity contribution in [2.45, 2.75) is 13.8 Å². The summed E-state index contributed by atoms with van der Waals surface area (Å²) in [7, 11) is 0. The normalized spacial score (nSPS) is 12.6. The molecule has 10 heteroatoms. The van der Waals surface area contributed by atoms with E-state index in [0.717, 1.165) is 44.8 Å². The first-order chi connectivity index (χ1) is 16.2. The fourth-order valence-corrected chi connectivity index (χ4v) is 3.87. The van der Waals surface area contributed by atoms with Crippen molar-refractivity contribution < 1.29 is 0 Å². The third-order valence-electron chi connectivity index (χ3n) is 5.50. The van der Waals surface area contributed by atoms with Crippen molar-refractivity contribution in [3.8, 4) is 22.8 Å². The minimum absolute atomic E-state index is 0.689. The molecule has 160 valence electrons. The second-order valence-electron chi connectivity index (χ2n) is 7.56. The Kier molecular flexibility index (Phi) is 4.29. The van der Waals surface area contributed by atoms with Gasteiger partial charge in [-0.05, 0) is 50.3 Å². The van der Waals surface area contributed by atoms with Crippen LogP contribution in [0.1, 0.15) is 17.0 Å². The van der Waals surface area contributed by atoms with Crippen molar-refractivity contribution in [3.63, 3.8) is 0 Å². The average molecular weight is 434 g/mol. The van der Waals surface area contributed by atoms with E-state index in [-0.39, 0.29) is 0 Å². The summed E-state index contributed by atoms with van der Waals surface area (Å²) in [6.07, 6.45) is 12.9. The third-order valence-corrected chi connectivity index (χ3v) is 5.50. The highest BCUT2D eigenvalue weighted by molar-refractivity contribution is 5.73. The summed E-state index contributed by atoms with van der Waals surface area (Å²) in [5.41, 5.74) is 6.13. The van der Waals surface area contributed by atoms with Crippen LogP contribution in [-0.2, 0) is 0 Å². The molecule has 0 bridgehead atoms. The number of nitrogens with zero attached hydrogens (tertiary/aromatic N) is 9. The monoisotopic (exact) mass is 434 g/mol. The molecule has 0 saturated heterocycles. The van der Waals surface area contributed by atoms with Gasteiger partial charge in [-0.15, -0.1) is 10.2 Å². The van der Waals surface area contributed by atoms with Crippen molar-refractivity contribution in [2.24, 2.45) is 0 Å². The summed E-state index contributed by atoms with van der Waals surface area (Å²) in [6, 6.07) is 7.60. The van der Waals surface area contributed by atoms with Gasteiger partial charge in [0.05, 0.1) is 11.4 Å². The molecule has 0 aliphatic heterocycles. The molecule has 1 N–H and O–H groups in total. The van der Waals surface area contributed by atoms with Crippen LogP contribution in [0.3, 0.4) is 0 Å². The molecule has 6 heterocycles. The number of pyridine rings is 2. The van der Waals surface area contributed by atoms with Gasteiger partial charge in [0.15, 0.2) is 22.9 Å². The maximum Gasteiger partial charge on any atom is 0.187 e. The first kappa shape index (κ1) is 19.0. The summed E-state index contributed by atoms with van der Waals surface area (Å²) in [4.78, 5) is 8.13. The maximum atomic E-state index is 4.66. The number of H-pyrrole nitrogens is 1. The summed E-state index contributed by atoms with van der Waals surface area (Å²) in [6.45, 7) is 3.94. The second-order valence-corrected chi connectivity index (χ2v) is 7.56. The zero-order chi connectivity index (χ0) is 22.4. The fraction of sp³-hybridized carbons (Fsp3) is 0.0870. The van der Waals surface area contributed by atoms with Crippen LogP contribution < -0.4 is 5.22 Å². The third kappa shape index (κ3) is 3.07. The molecule has 6 aromatic heterocycles. The van der Waals surface area contributed by atoms with Gasteiger partial charge in [0, 0.05) is 46.7 Å². The van der Waals surface area contributed by atoms with Gasteiger partial charge in [0.1, 0.15) is 0 Å². The van der Waals surface area contributed by atoms with Crippen LogP contribution in [0.5, 0.6) is 0 Å². The zero-order valence-electron chi connectivity index (χ0n) is 17.9. The summed E-state index contributed by atoms with van der Waals surface area (Å²) in [5, 5.41) is 26.4. The van der Waals surface area contributed by atoms with E-state index in [0.29, 0.717) is 11.5 Å². The number of aromatic nitrogens is 10. The number of hydrogen-bond donors (Lipinski definition) is 1. The van der Waals surface area contributed by atoms with E-state index < -0.39 is 0 Å². The van der Waals surface area contributed by atoms with Gasteiger partial charge < -0.3 is 0 Å². The number of allylic oxidation sites excluding steroid dienone is 1. The minimum atomic E-state index is 0.689. The van der Waals surface area contributed by atoms with Crippen LogP contribution in [0.25, 0.3) is 46.2 Å². The van der Waals surface area contributed by atoms with Crippen LogP contribution >= 0.6 is 0 Å². The fourth-order valence-electron chi connectivity index (χ4n) is 3.87. The van der Waals surface area contributed by atoms with Gasteiger partial charge >= 0.3 is 0 Å². The minimum Gasteiger partial charge on any atom is -0.265 e. The Morgan fingerprint density at radius 1 is 0.788 bits per heavy atom. The molecule has 0 aliphatic rings. The van der Waals surface area contributed by atoms with E-state index in [1.165, 1.54) is 0 Å². The predicted molar refractivity (Wildman–Crippen MR) is 123 cm³/mol. The predicted octanol–water partition coefficient (Wildman–Crippen LogP) is 2.45. The summed E-state index contributed by atoms with van der Waals surface area (Å²) < 4.78 is 3.58. The summed E-state index contributed by atoms with van der Waals surface area (Å²) in [5.74, 6) is 1.43. The Hall–Kier alpha value is -4.73. The topological polar surface area (TPSA) is 115 Å². The molecule has 0 fully saturated rings. The highest BCUT2D eigenvalue weighted by Crippen LogP contribution is 2.22. The van der Waals surface area contributed by atoms with Crippen LogP contribution in [0.4, 0.5) is 0 Å². The van der Waals surface area contributed by atoms with Gasteiger partial charge in [-0.3, -0.25) is 15.1 Å². The molecular formula is C23H18N10. The Morgan fingerprint density at radius 3 is 2.18 bits per heavy atom. The molecule has 0 aromatic carbocycles. The summed E-state index contributed by atoms with van der Waals surface area (Å²) >= 11 is 0. The van der Waals surface area contributed by atoms with Gasteiger partial charge in [0.25, 0.3) is 0 Å². The number of rotatable bonds is 4. The Morgan fingerprint density at radius 2 is 1.45 bits per heavy atom. The molecule has 0 saturated carbocycles. The second kappa shape index (κ2) is 7.45. The number of aryl methyl sites for hydroxylation is 2. The van der Waals surface area contributed by atoms with Crippen molar-refractivity contribution in [2.75, 3.05) is 0 Å². The molecule has 0 aliphatic carbocycles. The van der Waals surface area contributed by atoms with Gasteiger partial charge in [-0.2, -0.15) is 24.3 Å². The van der Waals surface area contributed by atoms with E-state index in [1.807, 2.05) is 60.9 Å². The van der Waals surface area contributed by atoms with Gasteiger partial charge in [0.2, 0.25) is 0 Å². The molecule has 0 unspecified atom stereocenters. The first-order valence-electron chi connectivity index (χ1n) is 10.4. The zero-order valence-corrected chi connectivity index (χ0v) is 17.9.